The fourth-order valence-electron chi connectivity index (χ4n) is 2.89. The van der Waals surface area contributed by atoms with Gasteiger partial charge in [-0.25, -0.2) is 0 Å². The zero-order chi connectivity index (χ0) is 16.4. The topological polar surface area (TPSA) is 0 Å². The van der Waals surface area contributed by atoms with Gasteiger partial charge in [-0.2, -0.15) is 0 Å². The summed E-state index contributed by atoms with van der Waals surface area (Å²) in [6, 6.07) is 16.1. The van der Waals surface area contributed by atoms with E-state index in [-0.39, 0.29) is 0 Å². The zero-order valence-electron chi connectivity index (χ0n) is 12.9. The highest BCUT2D eigenvalue weighted by Crippen LogP contribution is 2.54. The first kappa shape index (κ1) is 16.1. The normalized spacial score (nSPS) is 12.8. The van der Waals surface area contributed by atoms with Gasteiger partial charge in [0.15, 0.2) is 9.58 Å². The molecule has 0 radical (unpaired) electrons. The van der Waals surface area contributed by atoms with Gasteiger partial charge < -0.3 is 0 Å². The number of halogens is 3. The molecule has 0 aliphatic rings. The highest BCUT2D eigenvalue weighted by Gasteiger charge is 2.48. The second-order valence-electron chi connectivity index (χ2n) is 5.56. The summed E-state index contributed by atoms with van der Waals surface area (Å²) in [6.07, 6.45) is 2.82. The number of unbranched alkanes of at least 4 members (excludes halogenated alkanes) is 1. The molecule has 3 aromatic rings. The predicted molar refractivity (Wildman–Crippen MR) is 91.8 cm³/mol. The van der Waals surface area contributed by atoms with Crippen molar-refractivity contribution in [1.82, 2.24) is 0 Å². The number of alkyl halides is 3. The molecule has 0 nitrogen and oxygen atoms in total. The maximum Gasteiger partial charge on any atom is 0.601 e. The molecule has 2 aromatic carbocycles. The van der Waals surface area contributed by atoms with Gasteiger partial charge in [-0.1, -0.05) is 43.7 Å². The summed E-state index contributed by atoms with van der Waals surface area (Å²) in [5.74, 6) is 0. The van der Waals surface area contributed by atoms with E-state index >= 15 is 0 Å². The Hall–Kier alpha value is -1.81. The van der Waals surface area contributed by atoms with Gasteiger partial charge in [0.05, 0.1) is 0 Å². The predicted octanol–water partition coefficient (Wildman–Crippen LogP) is 7.07. The molecule has 0 saturated carbocycles. The minimum atomic E-state index is -4.25. The van der Waals surface area contributed by atoms with Crippen molar-refractivity contribution in [2.24, 2.45) is 0 Å². The number of aryl methyl sites for hydroxylation is 1. The highest BCUT2D eigenvalue weighted by molar-refractivity contribution is 7.41. The van der Waals surface area contributed by atoms with Crippen molar-refractivity contribution < 1.29 is 13.2 Å². The van der Waals surface area contributed by atoms with Crippen molar-refractivity contribution in [3.63, 3.8) is 0 Å². The molecule has 23 heavy (non-hydrogen) atoms. The zero-order valence-corrected chi connectivity index (χ0v) is 13.7. The molecule has 1 heterocycles. The van der Waals surface area contributed by atoms with Crippen molar-refractivity contribution in [1.29, 1.82) is 0 Å². The number of fused-ring (bicyclic) bond motifs is 1. The van der Waals surface area contributed by atoms with Crippen LogP contribution in [0.25, 0.3) is 20.5 Å². The third kappa shape index (κ3) is 3.13. The largest absolute Gasteiger partial charge is 0.601 e. The van der Waals surface area contributed by atoms with Crippen LogP contribution in [0.1, 0.15) is 25.3 Å². The van der Waals surface area contributed by atoms with E-state index in [1.807, 2.05) is 24.3 Å². The number of hydrogen-bond donors (Lipinski definition) is 0. The van der Waals surface area contributed by atoms with Crippen LogP contribution in [-0.4, -0.2) is 0 Å². The molecule has 0 bridgehead atoms. The lowest BCUT2D eigenvalue weighted by atomic mass is 10.0. The van der Waals surface area contributed by atoms with Crippen molar-refractivity contribution in [2.45, 2.75) is 31.7 Å². The lowest BCUT2D eigenvalue weighted by molar-refractivity contribution is -0.0864. The number of rotatable bonds is 4. The Labute approximate surface area is 136 Å². The van der Waals surface area contributed by atoms with Crippen LogP contribution in [-0.2, 0) is 11.9 Å². The first-order valence-corrected chi connectivity index (χ1v) is 8.95. The van der Waals surface area contributed by atoms with Crippen molar-refractivity contribution in [2.75, 3.05) is 0 Å². The second kappa shape index (κ2) is 6.36. The molecule has 1 aromatic heterocycles. The molecular formula is C19H18F3S+. The Balaban J connectivity index is 2.25. The van der Waals surface area contributed by atoms with Crippen LogP contribution in [0.2, 0.25) is 0 Å². The van der Waals surface area contributed by atoms with Gasteiger partial charge in [-0.3, -0.25) is 0 Å². The molecule has 0 amide bonds. The highest BCUT2D eigenvalue weighted by atomic mass is 32.2. The van der Waals surface area contributed by atoms with Gasteiger partial charge in [-0.15, -0.1) is 13.2 Å². The molecule has 0 fully saturated rings. The van der Waals surface area contributed by atoms with E-state index in [9.17, 15) is 13.2 Å². The number of thiophene rings is 1. The Morgan fingerprint density at radius 1 is 0.957 bits per heavy atom. The lowest BCUT2D eigenvalue weighted by Crippen LogP contribution is -1.98. The number of hydrogen-bond acceptors (Lipinski definition) is 0. The van der Waals surface area contributed by atoms with Gasteiger partial charge in [-0.05, 0) is 36.6 Å². The average molecular weight is 335 g/mol. The minimum absolute atomic E-state index is 0.389. The van der Waals surface area contributed by atoms with Crippen LogP contribution in [0.5, 0.6) is 0 Å². The quantitative estimate of drug-likeness (QED) is 0.447. The molecule has 0 N–H and O–H groups in total. The van der Waals surface area contributed by atoms with E-state index in [4.69, 9.17) is 0 Å². The van der Waals surface area contributed by atoms with Gasteiger partial charge in [0, 0.05) is 17.0 Å². The summed E-state index contributed by atoms with van der Waals surface area (Å²) in [5.41, 5.74) is -2.50. The summed E-state index contributed by atoms with van der Waals surface area (Å²) in [4.78, 5) is 0.408. The van der Waals surface area contributed by atoms with Crippen molar-refractivity contribution >= 4 is 20.6 Å². The van der Waals surface area contributed by atoms with Gasteiger partial charge >= 0.3 is 5.51 Å². The molecule has 0 spiro atoms. The van der Waals surface area contributed by atoms with Crippen LogP contribution >= 0.6 is 10.5 Å². The maximum atomic E-state index is 13.7. The third-order valence-corrected chi connectivity index (χ3v) is 6.01. The van der Waals surface area contributed by atoms with Gasteiger partial charge in [0.1, 0.15) is 10.5 Å². The molecule has 0 aliphatic carbocycles. The summed E-state index contributed by atoms with van der Waals surface area (Å²) >= 11 is 0. The standard InChI is InChI=1S/C19H18F3S/c1-2-3-8-14-9-4-6-11-16(14)18-13-15-10-5-7-12-17(15)23(18)19(20,21)22/h4-7,9-13H,2-3,8H2,1H3/q+1. The first-order chi connectivity index (χ1) is 11.0. The Morgan fingerprint density at radius 2 is 1.65 bits per heavy atom. The van der Waals surface area contributed by atoms with E-state index < -0.39 is 16.0 Å². The molecule has 0 saturated heterocycles. The SMILES string of the molecule is CCCCc1ccccc1-c1cc2ccccc2[s+]1C(F)(F)F. The molecule has 120 valence electrons. The van der Waals surface area contributed by atoms with Crippen LogP contribution in [0, 0.1) is 0 Å². The van der Waals surface area contributed by atoms with Gasteiger partial charge in [0.2, 0.25) is 0 Å². The smallest absolute Gasteiger partial charge is 0.118 e. The van der Waals surface area contributed by atoms with Crippen LogP contribution in [0.15, 0.2) is 54.6 Å². The van der Waals surface area contributed by atoms with Gasteiger partial charge in [0.25, 0.3) is 0 Å². The van der Waals surface area contributed by atoms with E-state index in [2.05, 4.69) is 6.92 Å². The Kier molecular flexibility index (Phi) is 4.44. The van der Waals surface area contributed by atoms with Crippen LogP contribution in [0.4, 0.5) is 13.2 Å². The molecule has 1 unspecified atom stereocenters. The fourth-order valence-corrected chi connectivity index (χ4v) is 4.86. The fraction of sp³-hybridized carbons (Fsp3) is 0.263. The monoisotopic (exact) mass is 335 g/mol. The lowest BCUT2D eigenvalue weighted by Gasteiger charge is -2.07. The van der Waals surface area contributed by atoms with Crippen LogP contribution < -0.4 is 0 Å². The molecule has 0 aliphatic heterocycles. The summed E-state index contributed by atoms with van der Waals surface area (Å²) in [7, 11) is -1.86. The van der Waals surface area contributed by atoms with Crippen molar-refractivity contribution in [3.8, 4) is 10.4 Å². The molecular weight excluding hydrogens is 317 g/mol. The number of benzene rings is 2. The van der Waals surface area contributed by atoms with Crippen molar-refractivity contribution in [3.05, 3.63) is 60.2 Å². The Morgan fingerprint density at radius 3 is 2.39 bits per heavy atom. The summed E-state index contributed by atoms with van der Waals surface area (Å²) < 4.78 is 41.6. The van der Waals surface area contributed by atoms with Crippen LogP contribution in [0.3, 0.4) is 0 Å². The third-order valence-electron chi connectivity index (χ3n) is 3.96. The molecule has 3 rings (SSSR count). The van der Waals surface area contributed by atoms with E-state index in [1.54, 1.807) is 30.3 Å². The maximum absolute atomic E-state index is 13.7. The van der Waals surface area contributed by atoms with E-state index in [0.717, 1.165) is 30.4 Å². The van der Waals surface area contributed by atoms with E-state index in [1.165, 1.54) is 0 Å². The summed E-state index contributed by atoms with van der Waals surface area (Å²) in [5, 5.41) is 0.688. The average Bonchev–Trinajstić information content (AvgIpc) is 2.92. The van der Waals surface area contributed by atoms with E-state index in [0.29, 0.717) is 15.0 Å². The molecule has 4 heteroatoms. The second-order valence-corrected chi connectivity index (χ2v) is 7.51. The minimum Gasteiger partial charge on any atom is -0.118 e. The Bertz CT molecular complexity index is 815. The molecule has 1 atom stereocenters. The summed E-state index contributed by atoms with van der Waals surface area (Å²) in [6.45, 7) is 2.09. The first-order valence-electron chi connectivity index (χ1n) is 7.72.